The maximum atomic E-state index is 6.05. The first kappa shape index (κ1) is 9.44. The van der Waals surface area contributed by atoms with Crippen molar-refractivity contribution in [1.82, 2.24) is 5.32 Å². The SMILES string of the molecule is COCC1(C2CC2)CNCC(C)O1. The van der Waals surface area contributed by atoms with Gasteiger partial charge in [0, 0.05) is 20.2 Å². The summed E-state index contributed by atoms with van der Waals surface area (Å²) in [5.74, 6) is 0.725. The third-order valence-corrected chi connectivity index (χ3v) is 3.00. The number of hydrogen-bond acceptors (Lipinski definition) is 3. The Hall–Kier alpha value is -0.120. The zero-order chi connectivity index (χ0) is 9.31. The van der Waals surface area contributed by atoms with Gasteiger partial charge in [0.1, 0.15) is 5.60 Å². The maximum absolute atomic E-state index is 6.05. The van der Waals surface area contributed by atoms with E-state index in [1.54, 1.807) is 7.11 Å². The Morgan fingerprint density at radius 1 is 1.54 bits per heavy atom. The average molecular weight is 185 g/mol. The molecule has 1 saturated carbocycles. The molecule has 1 heterocycles. The van der Waals surface area contributed by atoms with Crippen molar-refractivity contribution in [2.45, 2.75) is 31.5 Å². The maximum Gasteiger partial charge on any atom is 0.107 e. The van der Waals surface area contributed by atoms with E-state index in [4.69, 9.17) is 9.47 Å². The van der Waals surface area contributed by atoms with Crippen LogP contribution in [0.5, 0.6) is 0 Å². The Morgan fingerprint density at radius 2 is 2.31 bits per heavy atom. The van der Waals surface area contributed by atoms with Crippen LogP contribution in [0.15, 0.2) is 0 Å². The smallest absolute Gasteiger partial charge is 0.107 e. The highest BCUT2D eigenvalue weighted by molar-refractivity contribution is 5.00. The Balaban J connectivity index is 2.02. The molecule has 1 aliphatic carbocycles. The van der Waals surface area contributed by atoms with E-state index >= 15 is 0 Å². The van der Waals surface area contributed by atoms with Gasteiger partial charge in [0.05, 0.1) is 12.7 Å². The molecule has 2 unspecified atom stereocenters. The topological polar surface area (TPSA) is 30.5 Å². The average Bonchev–Trinajstić information content (AvgIpc) is 2.86. The van der Waals surface area contributed by atoms with E-state index in [1.165, 1.54) is 12.8 Å². The highest BCUT2D eigenvalue weighted by atomic mass is 16.5. The molecule has 2 aliphatic rings. The minimum atomic E-state index is -0.0214. The molecule has 3 heteroatoms. The highest BCUT2D eigenvalue weighted by Crippen LogP contribution is 2.43. The minimum absolute atomic E-state index is 0.0214. The Kier molecular flexibility index (Phi) is 2.58. The molecule has 1 aliphatic heterocycles. The number of rotatable bonds is 3. The molecular formula is C10H19NO2. The van der Waals surface area contributed by atoms with E-state index in [9.17, 15) is 0 Å². The summed E-state index contributed by atoms with van der Waals surface area (Å²) in [6, 6.07) is 0. The molecule has 2 rings (SSSR count). The van der Waals surface area contributed by atoms with Crippen LogP contribution in [0.1, 0.15) is 19.8 Å². The van der Waals surface area contributed by atoms with Crippen LogP contribution in [-0.2, 0) is 9.47 Å². The van der Waals surface area contributed by atoms with E-state index in [1.807, 2.05) is 0 Å². The predicted molar refractivity (Wildman–Crippen MR) is 50.7 cm³/mol. The lowest BCUT2D eigenvalue weighted by atomic mass is 9.96. The van der Waals surface area contributed by atoms with E-state index in [-0.39, 0.29) is 5.60 Å². The van der Waals surface area contributed by atoms with Crippen LogP contribution in [0.4, 0.5) is 0 Å². The Bertz CT molecular complexity index is 178. The molecule has 2 atom stereocenters. The fourth-order valence-electron chi connectivity index (χ4n) is 2.27. The summed E-state index contributed by atoms with van der Waals surface area (Å²) in [5, 5.41) is 3.43. The number of ether oxygens (including phenoxy) is 2. The molecule has 0 aromatic heterocycles. The van der Waals surface area contributed by atoms with E-state index in [0.717, 1.165) is 25.6 Å². The molecule has 0 aromatic carbocycles. The van der Waals surface area contributed by atoms with Crippen molar-refractivity contribution < 1.29 is 9.47 Å². The van der Waals surface area contributed by atoms with Gasteiger partial charge >= 0.3 is 0 Å². The van der Waals surface area contributed by atoms with Crippen LogP contribution in [0, 0.1) is 5.92 Å². The van der Waals surface area contributed by atoms with Gasteiger partial charge in [0.25, 0.3) is 0 Å². The number of methoxy groups -OCH3 is 1. The zero-order valence-corrected chi connectivity index (χ0v) is 8.51. The van der Waals surface area contributed by atoms with Crippen molar-refractivity contribution in [3.63, 3.8) is 0 Å². The first-order valence-corrected chi connectivity index (χ1v) is 5.14. The minimum Gasteiger partial charge on any atom is -0.382 e. The highest BCUT2D eigenvalue weighted by Gasteiger charge is 2.48. The summed E-state index contributed by atoms with van der Waals surface area (Å²) in [6.45, 7) is 4.78. The number of hydrogen-bond donors (Lipinski definition) is 1. The lowest BCUT2D eigenvalue weighted by molar-refractivity contribution is -0.150. The van der Waals surface area contributed by atoms with Gasteiger partial charge in [-0.15, -0.1) is 0 Å². The second-order valence-electron chi connectivity index (χ2n) is 4.33. The Morgan fingerprint density at radius 3 is 2.85 bits per heavy atom. The van der Waals surface area contributed by atoms with E-state index in [0.29, 0.717) is 6.10 Å². The molecular weight excluding hydrogens is 166 g/mol. The van der Waals surface area contributed by atoms with Crippen molar-refractivity contribution in [2.24, 2.45) is 5.92 Å². The summed E-state index contributed by atoms with van der Waals surface area (Å²) in [4.78, 5) is 0. The van der Waals surface area contributed by atoms with Crippen molar-refractivity contribution >= 4 is 0 Å². The molecule has 0 radical (unpaired) electrons. The quantitative estimate of drug-likeness (QED) is 0.705. The predicted octanol–water partition coefficient (Wildman–Crippen LogP) is 0.790. The van der Waals surface area contributed by atoms with Crippen LogP contribution < -0.4 is 5.32 Å². The van der Waals surface area contributed by atoms with Gasteiger partial charge < -0.3 is 14.8 Å². The standard InChI is InChI=1S/C10H19NO2/c1-8-5-11-6-10(13-8,7-12-2)9-3-4-9/h8-9,11H,3-7H2,1-2H3. The fourth-order valence-corrected chi connectivity index (χ4v) is 2.27. The Labute approximate surface area is 79.8 Å². The summed E-state index contributed by atoms with van der Waals surface area (Å²) < 4.78 is 11.3. The molecule has 0 spiro atoms. The zero-order valence-electron chi connectivity index (χ0n) is 8.51. The summed E-state index contributed by atoms with van der Waals surface area (Å²) >= 11 is 0. The molecule has 0 amide bonds. The fraction of sp³-hybridized carbons (Fsp3) is 1.00. The van der Waals surface area contributed by atoms with Gasteiger partial charge in [-0.25, -0.2) is 0 Å². The van der Waals surface area contributed by atoms with Gasteiger partial charge in [-0.3, -0.25) is 0 Å². The second kappa shape index (κ2) is 3.56. The molecule has 0 aromatic rings. The van der Waals surface area contributed by atoms with Gasteiger partial charge in [-0.05, 0) is 25.7 Å². The molecule has 0 bridgehead atoms. The molecule has 76 valence electrons. The lowest BCUT2D eigenvalue weighted by Crippen LogP contribution is -2.57. The summed E-state index contributed by atoms with van der Waals surface area (Å²) in [5.41, 5.74) is -0.0214. The van der Waals surface area contributed by atoms with Gasteiger partial charge in [-0.2, -0.15) is 0 Å². The first-order chi connectivity index (χ1) is 6.27. The van der Waals surface area contributed by atoms with Crippen molar-refractivity contribution in [3.05, 3.63) is 0 Å². The third kappa shape index (κ3) is 1.87. The molecule has 2 fully saturated rings. The largest absolute Gasteiger partial charge is 0.382 e. The van der Waals surface area contributed by atoms with Crippen molar-refractivity contribution in [3.8, 4) is 0 Å². The van der Waals surface area contributed by atoms with Crippen LogP contribution >= 0.6 is 0 Å². The van der Waals surface area contributed by atoms with Crippen molar-refractivity contribution in [1.29, 1.82) is 0 Å². The normalized spacial score (nSPS) is 40.6. The van der Waals surface area contributed by atoms with Gasteiger partial charge in [-0.1, -0.05) is 0 Å². The monoisotopic (exact) mass is 185 g/mol. The van der Waals surface area contributed by atoms with Crippen LogP contribution in [0.3, 0.4) is 0 Å². The van der Waals surface area contributed by atoms with Crippen LogP contribution in [0.25, 0.3) is 0 Å². The second-order valence-corrected chi connectivity index (χ2v) is 4.33. The van der Waals surface area contributed by atoms with Crippen LogP contribution in [0.2, 0.25) is 0 Å². The van der Waals surface area contributed by atoms with Crippen molar-refractivity contribution in [2.75, 3.05) is 26.8 Å². The van der Waals surface area contributed by atoms with Gasteiger partial charge in [0.2, 0.25) is 0 Å². The number of nitrogens with one attached hydrogen (secondary N) is 1. The van der Waals surface area contributed by atoms with Gasteiger partial charge in [0.15, 0.2) is 0 Å². The summed E-state index contributed by atoms with van der Waals surface area (Å²) in [7, 11) is 1.76. The number of morpholine rings is 1. The lowest BCUT2D eigenvalue weighted by Gasteiger charge is -2.40. The van der Waals surface area contributed by atoms with E-state index < -0.39 is 0 Å². The first-order valence-electron chi connectivity index (χ1n) is 5.14. The molecule has 1 saturated heterocycles. The van der Waals surface area contributed by atoms with Crippen LogP contribution in [-0.4, -0.2) is 38.5 Å². The molecule has 3 nitrogen and oxygen atoms in total. The molecule has 13 heavy (non-hydrogen) atoms. The third-order valence-electron chi connectivity index (χ3n) is 3.00. The summed E-state index contributed by atoms with van der Waals surface area (Å²) in [6.07, 6.45) is 2.93. The van der Waals surface area contributed by atoms with E-state index in [2.05, 4.69) is 12.2 Å². The molecule has 1 N–H and O–H groups in total.